The molecule has 14 heteroatoms. The summed E-state index contributed by atoms with van der Waals surface area (Å²) < 4.78 is 27.3. The van der Waals surface area contributed by atoms with Crippen molar-refractivity contribution >= 4 is 63.3 Å². The van der Waals surface area contributed by atoms with Crippen LogP contribution in [0.5, 0.6) is 5.75 Å². The Morgan fingerprint density at radius 3 is 2.65 bits per heavy atom. The molecular weight excluding hydrogens is 603 g/mol. The van der Waals surface area contributed by atoms with Crippen molar-refractivity contribution in [2.24, 2.45) is 7.05 Å². The van der Waals surface area contributed by atoms with E-state index in [-0.39, 0.29) is 0 Å². The number of H-pyrrole nitrogens is 1. The van der Waals surface area contributed by atoms with Crippen LogP contribution in [-0.2, 0) is 22.8 Å². The third-order valence-corrected chi connectivity index (χ3v) is 9.89. The summed E-state index contributed by atoms with van der Waals surface area (Å²) in [7, 11) is -0.855. The van der Waals surface area contributed by atoms with E-state index in [0.29, 0.717) is 59.3 Å². The summed E-state index contributed by atoms with van der Waals surface area (Å²) in [5.74, 6) is 1.73. The zero-order chi connectivity index (χ0) is 31.4. The molecule has 0 saturated carbocycles. The Hall–Kier alpha value is -5.00. The maximum atomic E-state index is 13.6. The molecule has 6 aromatic rings. The zero-order valence-corrected chi connectivity index (χ0v) is 26.6. The Kier molecular flexibility index (Phi) is 6.88. The quantitative estimate of drug-likeness (QED) is 0.207. The molecule has 0 radical (unpaired) electrons. The van der Waals surface area contributed by atoms with E-state index in [1.165, 1.54) is 0 Å². The molecule has 0 spiro atoms. The molecule has 2 aliphatic heterocycles. The van der Waals surface area contributed by atoms with Crippen LogP contribution in [0.25, 0.3) is 33.2 Å². The number of anilines is 5. The summed E-state index contributed by atoms with van der Waals surface area (Å²) in [5, 5.41) is 12.8. The minimum Gasteiger partial charge on any atom is -0.491 e. The maximum Gasteiger partial charge on any atom is 0.231 e. The summed E-state index contributed by atoms with van der Waals surface area (Å²) in [4.78, 5) is 24.3. The van der Waals surface area contributed by atoms with Gasteiger partial charge in [-0.05, 0) is 37.6 Å². The van der Waals surface area contributed by atoms with Crippen molar-refractivity contribution in [3.05, 3.63) is 60.8 Å². The Morgan fingerprint density at radius 1 is 1.00 bits per heavy atom. The average molecular weight is 637 g/mol. The molecule has 0 amide bonds. The van der Waals surface area contributed by atoms with E-state index in [4.69, 9.17) is 19.4 Å². The lowest BCUT2D eigenvalue weighted by molar-refractivity contribution is 0.122. The first-order chi connectivity index (χ1) is 22.3. The summed E-state index contributed by atoms with van der Waals surface area (Å²) in [6.07, 6.45) is 9.78. The number of aromatic amines is 1. The van der Waals surface area contributed by atoms with Crippen molar-refractivity contribution < 1.29 is 14.0 Å². The number of fused-ring (bicyclic) bond motifs is 3. The standard InChI is InChI=1S/C32H33N10O3P/c1-41-18-19(17-36-41)22-16-25(28-20(7-13-45-28)27(22)42-11-14-44-15-12-42)38-32-39-30-21(6-8-35-30)31(40-32)37-24-5-4-23-26(34-10-9-33-23)29(24)46(2,3)43/h4-6,8-10,16-18H,7,11-15H2,1-3H3,(H3,35,37,38,39,40). The van der Waals surface area contributed by atoms with Gasteiger partial charge in [-0.25, -0.2) is 0 Å². The fourth-order valence-electron chi connectivity index (χ4n) is 6.39. The number of hydrogen-bond donors (Lipinski definition) is 3. The molecule has 0 bridgehead atoms. The van der Waals surface area contributed by atoms with E-state index in [2.05, 4.69) is 41.7 Å². The van der Waals surface area contributed by atoms with E-state index >= 15 is 0 Å². The molecule has 3 N–H and O–H groups in total. The minimum atomic E-state index is -2.78. The second-order valence-corrected chi connectivity index (χ2v) is 15.0. The highest BCUT2D eigenvalue weighted by atomic mass is 31.2. The van der Waals surface area contributed by atoms with Crippen LogP contribution in [0, 0.1) is 0 Å². The second-order valence-electron chi connectivity index (χ2n) is 11.9. The van der Waals surface area contributed by atoms with Gasteiger partial charge in [-0.1, -0.05) is 0 Å². The number of hydrogen-bond acceptors (Lipinski definition) is 11. The number of aromatic nitrogens is 7. The lowest BCUT2D eigenvalue weighted by atomic mass is 9.97. The van der Waals surface area contributed by atoms with Gasteiger partial charge in [0.2, 0.25) is 5.95 Å². The molecule has 0 unspecified atom stereocenters. The molecule has 1 fully saturated rings. The summed E-state index contributed by atoms with van der Waals surface area (Å²) >= 11 is 0. The molecule has 4 aromatic heterocycles. The summed E-state index contributed by atoms with van der Waals surface area (Å²) in [5.41, 5.74) is 7.75. The topological polar surface area (TPSA) is 148 Å². The fraction of sp³-hybridized carbons (Fsp3) is 0.281. The third kappa shape index (κ3) is 5.01. The Labute approximate surface area is 264 Å². The van der Waals surface area contributed by atoms with Gasteiger partial charge in [0.05, 0.1) is 59.3 Å². The first-order valence-electron chi connectivity index (χ1n) is 15.2. The molecule has 13 nitrogen and oxygen atoms in total. The molecule has 46 heavy (non-hydrogen) atoms. The SMILES string of the molecule is Cn1cc(-c2cc(Nc3nc(Nc4ccc5nccnc5c4P(C)(C)=O)c4cc[nH]c4n3)c3c(c2N2CCOCC2)CCO3)cn1. The number of nitrogens with one attached hydrogen (secondary N) is 3. The second kappa shape index (κ2) is 11.1. The monoisotopic (exact) mass is 636 g/mol. The van der Waals surface area contributed by atoms with E-state index in [1.807, 2.05) is 48.5 Å². The fourth-order valence-corrected chi connectivity index (χ4v) is 7.79. The van der Waals surface area contributed by atoms with Crippen LogP contribution in [0.1, 0.15) is 5.56 Å². The van der Waals surface area contributed by atoms with Crippen molar-refractivity contribution in [3.8, 4) is 16.9 Å². The molecule has 1 saturated heterocycles. The van der Waals surface area contributed by atoms with E-state index in [1.54, 1.807) is 25.7 Å². The number of benzene rings is 2. The highest BCUT2D eigenvalue weighted by Gasteiger charge is 2.29. The molecular formula is C32H33N10O3P. The number of ether oxygens (including phenoxy) is 2. The van der Waals surface area contributed by atoms with Gasteiger partial charge in [-0.15, -0.1) is 0 Å². The maximum absolute atomic E-state index is 13.6. The van der Waals surface area contributed by atoms with E-state index < -0.39 is 7.14 Å². The van der Waals surface area contributed by atoms with Crippen molar-refractivity contribution in [2.75, 3.05) is 61.8 Å². The van der Waals surface area contributed by atoms with Gasteiger partial charge in [0, 0.05) is 68.0 Å². The predicted molar refractivity (Wildman–Crippen MR) is 180 cm³/mol. The van der Waals surface area contributed by atoms with Gasteiger partial charge < -0.3 is 34.6 Å². The predicted octanol–water partition coefficient (Wildman–Crippen LogP) is 4.81. The molecule has 8 rings (SSSR count). The van der Waals surface area contributed by atoms with Crippen molar-refractivity contribution in [1.82, 2.24) is 34.7 Å². The third-order valence-electron chi connectivity index (χ3n) is 8.36. The highest BCUT2D eigenvalue weighted by Crippen LogP contribution is 2.48. The van der Waals surface area contributed by atoms with Gasteiger partial charge in [-0.3, -0.25) is 14.6 Å². The van der Waals surface area contributed by atoms with Crippen molar-refractivity contribution in [1.29, 1.82) is 0 Å². The number of aryl methyl sites for hydroxylation is 1. The largest absolute Gasteiger partial charge is 0.491 e. The van der Waals surface area contributed by atoms with E-state index in [9.17, 15) is 4.57 Å². The first-order valence-corrected chi connectivity index (χ1v) is 17.8. The van der Waals surface area contributed by atoms with Gasteiger partial charge >= 0.3 is 0 Å². The van der Waals surface area contributed by atoms with Gasteiger partial charge in [-0.2, -0.15) is 15.1 Å². The molecule has 2 aromatic carbocycles. The van der Waals surface area contributed by atoms with Gasteiger partial charge in [0.1, 0.15) is 29.9 Å². The van der Waals surface area contributed by atoms with Crippen LogP contribution in [0.4, 0.5) is 28.8 Å². The van der Waals surface area contributed by atoms with Crippen LogP contribution in [0.3, 0.4) is 0 Å². The lowest BCUT2D eigenvalue weighted by Crippen LogP contribution is -2.37. The lowest BCUT2D eigenvalue weighted by Gasteiger charge is -2.32. The minimum absolute atomic E-state index is 0.379. The van der Waals surface area contributed by atoms with Crippen molar-refractivity contribution in [2.45, 2.75) is 6.42 Å². The zero-order valence-electron chi connectivity index (χ0n) is 25.7. The Bertz CT molecular complexity index is 2170. The summed E-state index contributed by atoms with van der Waals surface area (Å²) in [6, 6.07) is 7.77. The highest BCUT2D eigenvalue weighted by molar-refractivity contribution is 7.71. The van der Waals surface area contributed by atoms with Crippen LogP contribution >= 0.6 is 7.14 Å². The van der Waals surface area contributed by atoms with Gasteiger partial charge in [0.15, 0.2) is 0 Å². The van der Waals surface area contributed by atoms with Crippen molar-refractivity contribution in [3.63, 3.8) is 0 Å². The molecule has 0 atom stereocenters. The number of nitrogens with zero attached hydrogens (tertiary/aromatic N) is 7. The molecule has 234 valence electrons. The molecule has 2 aliphatic rings. The van der Waals surface area contributed by atoms with Crippen LogP contribution in [-0.4, -0.2) is 80.9 Å². The van der Waals surface area contributed by atoms with Crippen LogP contribution < -0.4 is 25.6 Å². The smallest absolute Gasteiger partial charge is 0.231 e. The van der Waals surface area contributed by atoms with Crippen LogP contribution in [0.2, 0.25) is 0 Å². The van der Waals surface area contributed by atoms with E-state index in [0.717, 1.165) is 58.7 Å². The Morgan fingerprint density at radius 2 is 1.85 bits per heavy atom. The Balaban J connectivity index is 1.24. The summed E-state index contributed by atoms with van der Waals surface area (Å²) in [6.45, 7) is 7.03. The average Bonchev–Trinajstić information content (AvgIpc) is 3.82. The molecule has 6 heterocycles. The normalized spacial score (nSPS) is 14.9. The molecule has 0 aliphatic carbocycles. The van der Waals surface area contributed by atoms with Gasteiger partial charge in [0.25, 0.3) is 0 Å². The first kappa shape index (κ1) is 28.5. The van der Waals surface area contributed by atoms with Crippen LogP contribution in [0.15, 0.2) is 55.2 Å². The number of rotatable bonds is 7. The number of morpholine rings is 1.